The van der Waals surface area contributed by atoms with E-state index in [1.54, 1.807) is 23.3 Å². The molecule has 0 aliphatic heterocycles. The first-order valence-corrected chi connectivity index (χ1v) is 9.36. The van der Waals surface area contributed by atoms with E-state index in [0.29, 0.717) is 6.54 Å². The highest BCUT2D eigenvalue weighted by atomic mass is 35.5. The molecule has 9 heteroatoms. The number of rotatable bonds is 6. The van der Waals surface area contributed by atoms with Gasteiger partial charge in [0, 0.05) is 36.6 Å². The quantitative estimate of drug-likeness (QED) is 0.507. The zero-order valence-electron chi connectivity index (χ0n) is 15.8. The van der Waals surface area contributed by atoms with E-state index in [9.17, 15) is 8.78 Å². The van der Waals surface area contributed by atoms with Crippen LogP contribution >= 0.6 is 12.4 Å². The van der Waals surface area contributed by atoms with Gasteiger partial charge in [-0.2, -0.15) is 0 Å². The van der Waals surface area contributed by atoms with Crippen molar-refractivity contribution in [2.24, 2.45) is 0 Å². The van der Waals surface area contributed by atoms with Crippen molar-refractivity contribution in [3.8, 4) is 11.4 Å². The minimum Gasteiger partial charge on any atom is -0.308 e. The Labute approximate surface area is 178 Å². The molecule has 1 fully saturated rings. The fourth-order valence-electron chi connectivity index (χ4n) is 3.46. The summed E-state index contributed by atoms with van der Waals surface area (Å²) in [5, 5.41) is 11.8. The van der Waals surface area contributed by atoms with Crippen molar-refractivity contribution in [1.29, 1.82) is 0 Å². The Hall–Kier alpha value is -3.10. The van der Waals surface area contributed by atoms with Gasteiger partial charge in [-0.05, 0) is 48.4 Å². The molecule has 0 amide bonds. The lowest BCUT2D eigenvalue weighted by atomic mass is 10.1. The molecular weight excluding hydrogens is 410 g/mol. The molecule has 0 bridgehead atoms. The fourth-order valence-corrected chi connectivity index (χ4v) is 3.46. The van der Waals surface area contributed by atoms with Crippen LogP contribution < -0.4 is 5.32 Å². The highest BCUT2D eigenvalue weighted by molar-refractivity contribution is 5.85. The Balaban J connectivity index is 0.00000218. The molecular formula is C21H19ClF2N6. The van der Waals surface area contributed by atoms with Crippen molar-refractivity contribution in [2.45, 2.75) is 24.9 Å². The fraction of sp³-hybridized carbons (Fsp3) is 0.190. The first-order chi connectivity index (χ1) is 14.2. The van der Waals surface area contributed by atoms with Crippen LogP contribution in [0.1, 0.15) is 23.6 Å². The van der Waals surface area contributed by atoms with Gasteiger partial charge in [-0.15, -0.1) is 17.5 Å². The van der Waals surface area contributed by atoms with Crippen molar-refractivity contribution in [1.82, 2.24) is 29.9 Å². The number of aromatic nitrogens is 5. The van der Waals surface area contributed by atoms with Crippen LogP contribution in [0.15, 0.2) is 67.4 Å². The van der Waals surface area contributed by atoms with Gasteiger partial charge in [0.05, 0.1) is 23.9 Å². The molecule has 1 N–H and O–H groups in total. The Morgan fingerprint density at radius 1 is 1.03 bits per heavy atom. The molecule has 1 aliphatic rings. The second kappa shape index (κ2) is 8.33. The highest BCUT2D eigenvalue weighted by Gasteiger charge is 2.38. The number of imidazole rings is 1. The summed E-state index contributed by atoms with van der Waals surface area (Å²) in [6.45, 7) is 0.567. The van der Waals surface area contributed by atoms with Gasteiger partial charge >= 0.3 is 0 Å². The minimum absolute atomic E-state index is 0. The summed E-state index contributed by atoms with van der Waals surface area (Å²) < 4.78 is 30.1. The average molecular weight is 429 g/mol. The molecule has 1 aliphatic carbocycles. The van der Waals surface area contributed by atoms with Crippen LogP contribution in [0.2, 0.25) is 0 Å². The number of nitrogens with one attached hydrogen (secondary N) is 1. The summed E-state index contributed by atoms with van der Waals surface area (Å²) in [5.74, 6) is -1.40. The lowest BCUT2D eigenvalue weighted by Gasteiger charge is -2.04. The monoisotopic (exact) mass is 428 g/mol. The molecule has 4 aromatic rings. The van der Waals surface area contributed by atoms with Crippen LogP contribution in [0.25, 0.3) is 11.4 Å². The van der Waals surface area contributed by atoms with Gasteiger partial charge in [0.25, 0.3) is 0 Å². The third-order valence-corrected chi connectivity index (χ3v) is 5.17. The van der Waals surface area contributed by atoms with Crippen LogP contribution in [0.3, 0.4) is 0 Å². The van der Waals surface area contributed by atoms with Gasteiger partial charge in [-0.25, -0.2) is 18.4 Å². The minimum atomic E-state index is -0.811. The zero-order valence-corrected chi connectivity index (χ0v) is 16.6. The predicted molar refractivity (Wildman–Crippen MR) is 110 cm³/mol. The van der Waals surface area contributed by atoms with E-state index >= 15 is 0 Å². The van der Waals surface area contributed by atoms with Crippen LogP contribution in [-0.2, 0) is 6.54 Å². The predicted octanol–water partition coefficient (Wildman–Crippen LogP) is 3.80. The molecule has 2 atom stereocenters. The smallest absolute Gasteiger partial charge is 0.159 e. The van der Waals surface area contributed by atoms with Crippen LogP contribution in [0, 0.1) is 11.6 Å². The lowest BCUT2D eigenvalue weighted by Crippen LogP contribution is -2.17. The molecule has 154 valence electrons. The standard InChI is InChI=1S/C21H18F2N6.ClH/c22-19-6-1-14(9-20(19)23)18-10-21(18)25-11-15-12-29(27-26-15)17-4-2-16(3-5-17)28-8-7-24-13-28;/h1-9,12-13,18,21,25H,10-11H2;1H/t18-,21+;/m0./s1. The number of benzene rings is 2. The number of nitrogens with zero attached hydrogens (tertiary/aromatic N) is 5. The third-order valence-electron chi connectivity index (χ3n) is 5.17. The molecule has 2 heterocycles. The van der Waals surface area contributed by atoms with E-state index in [0.717, 1.165) is 29.1 Å². The Kier molecular flexibility index (Phi) is 5.61. The maximum atomic E-state index is 13.4. The summed E-state index contributed by atoms with van der Waals surface area (Å²) in [6.07, 6.45) is 8.16. The first-order valence-electron chi connectivity index (χ1n) is 9.36. The second-order valence-corrected chi connectivity index (χ2v) is 7.14. The zero-order chi connectivity index (χ0) is 19.8. The molecule has 0 spiro atoms. The van der Waals surface area contributed by atoms with Crippen molar-refractivity contribution < 1.29 is 8.78 Å². The molecule has 0 radical (unpaired) electrons. The topological polar surface area (TPSA) is 60.6 Å². The van der Waals surface area contributed by atoms with E-state index in [2.05, 4.69) is 20.6 Å². The van der Waals surface area contributed by atoms with Gasteiger partial charge in [-0.1, -0.05) is 11.3 Å². The van der Waals surface area contributed by atoms with Crippen LogP contribution in [-0.4, -0.2) is 30.6 Å². The van der Waals surface area contributed by atoms with E-state index in [1.807, 2.05) is 41.2 Å². The van der Waals surface area contributed by atoms with E-state index in [4.69, 9.17) is 0 Å². The molecule has 2 aromatic heterocycles. The normalized spacial score (nSPS) is 17.5. The molecule has 2 aromatic carbocycles. The second-order valence-electron chi connectivity index (χ2n) is 7.14. The molecule has 0 saturated heterocycles. The Bertz CT molecular complexity index is 1130. The van der Waals surface area contributed by atoms with E-state index in [1.165, 1.54) is 12.1 Å². The van der Waals surface area contributed by atoms with Crippen LogP contribution in [0.5, 0.6) is 0 Å². The summed E-state index contributed by atoms with van der Waals surface area (Å²) >= 11 is 0. The van der Waals surface area contributed by atoms with Gasteiger partial charge in [0.1, 0.15) is 0 Å². The highest BCUT2D eigenvalue weighted by Crippen LogP contribution is 2.41. The maximum Gasteiger partial charge on any atom is 0.159 e. The van der Waals surface area contributed by atoms with Crippen molar-refractivity contribution in [3.05, 3.63) is 90.3 Å². The summed E-state index contributed by atoms with van der Waals surface area (Å²) in [6, 6.07) is 12.3. The number of hydrogen-bond acceptors (Lipinski definition) is 4. The molecule has 0 unspecified atom stereocenters. The maximum absolute atomic E-state index is 13.4. The average Bonchev–Trinajstić information content (AvgIpc) is 3.11. The van der Waals surface area contributed by atoms with Crippen molar-refractivity contribution >= 4 is 12.4 Å². The number of hydrogen-bond donors (Lipinski definition) is 1. The largest absolute Gasteiger partial charge is 0.308 e. The Morgan fingerprint density at radius 2 is 1.83 bits per heavy atom. The van der Waals surface area contributed by atoms with Gasteiger partial charge in [-0.3, -0.25) is 0 Å². The SMILES string of the molecule is Cl.Fc1ccc([C@@H]2C[C@H]2NCc2cn(-c3ccc(-n4ccnc4)cc3)nn2)cc1F. The van der Waals surface area contributed by atoms with E-state index < -0.39 is 11.6 Å². The van der Waals surface area contributed by atoms with Gasteiger partial charge in [0.2, 0.25) is 0 Å². The summed E-state index contributed by atoms with van der Waals surface area (Å²) in [5.41, 5.74) is 3.58. The van der Waals surface area contributed by atoms with Gasteiger partial charge in [0.15, 0.2) is 11.6 Å². The van der Waals surface area contributed by atoms with Gasteiger partial charge < -0.3 is 9.88 Å². The Morgan fingerprint density at radius 3 is 2.57 bits per heavy atom. The summed E-state index contributed by atoms with van der Waals surface area (Å²) in [4.78, 5) is 4.05. The third kappa shape index (κ3) is 4.10. The van der Waals surface area contributed by atoms with Crippen molar-refractivity contribution in [2.75, 3.05) is 0 Å². The molecule has 6 nitrogen and oxygen atoms in total. The first kappa shape index (κ1) is 20.2. The van der Waals surface area contributed by atoms with Crippen molar-refractivity contribution in [3.63, 3.8) is 0 Å². The lowest BCUT2D eigenvalue weighted by molar-refractivity contribution is 0.506. The van der Waals surface area contributed by atoms with Crippen LogP contribution in [0.4, 0.5) is 8.78 Å². The summed E-state index contributed by atoms with van der Waals surface area (Å²) in [7, 11) is 0. The molecule has 1 saturated carbocycles. The molecule has 5 rings (SSSR count). The van der Waals surface area contributed by atoms with E-state index in [-0.39, 0.29) is 24.4 Å². The number of halogens is 3. The molecule has 30 heavy (non-hydrogen) atoms.